The topological polar surface area (TPSA) is 91.9 Å². The Kier molecular flexibility index (Phi) is 3.19. The highest BCUT2D eigenvalue weighted by molar-refractivity contribution is 7.90. The number of hydrogen-bond acceptors (Lipinski definition) is 5. The van der Waals surface area contributed by atoms with Gasteiger partial charge in [0.2, 0.25) is 0 Å². The number of sulfone groups is 1. The zero-order chi connectivity index (χ0) is 12.5. The van der Waals surface area contributed by atoms with Crippen LogP contribution in [0.4, 0.5) is 5.82 Å². The SMILES string of the molecule is CS(=O)(=O)CCNc1cc(=O)[nH]c(C2CC2)n1. The van der Waals surface area contributed by atoms with Crippen molar-refractivity contribution in [2.75, 3.05) is 23.9 Å². The first-order valence-corrected chi connectivity index (χ1v) is 7.53. The summed E-state index contributed by atoms with van der Waals surface area (Å²) in [4.78, 5) is 18.3. The molecule has 1 heterocycles. The summed E-state index contributed by atoms with van der Waals surface area (Å²) >= 11 is 0. The van der Waals surface area contributed by atoms with Gasteiger partial charge in [-0.3, -0.25) is 4.79 Å². The molecule has 0 bridgehead atoms. The minimum Gasteiger partial charge on any atom is -0.369 e. The average molecular weight is 257 g/mol. The van der Waals surface area contributed by atoms with Crippen molar-refractivity contribution < 1.29 is 8.42 Å². The van der Waals surface area contributed by atoms with Crippen LogP contribution in [-0.4, -0.2) is 36.9 Å². The van der Waals surface area contributed by atoms with Crippen LogP contribution < -0.4 is 10.9 Å². The minimum atomic E-state index is -2.99. The molecule has 0 aliphatic heterocycles. The van der Waals surface area contributed by atoms with Crippen LogP contribution in [0.15, 0.2) is 10.9 Å². The van der Waals surface area contributed by atoms with E-state index in [1.165, 1.54) is 12.3 Å². The Morgan fingerprint density at radius 2 is 2.24 bits per heavy atom. The summed E-state index contributed by atoms with van der Waals surface area (Å²) in [5, 5.41) is 2.85. The fourth-order valence-electron chi connectivity index (χ4n) is 1.48. The first-order valence-electron chi connectivity index (χ1n) is 5.47. The van der Waals surface area contributed by atoms with Crippen LogP contribution in [0.25, 0.3) is 0 Å². The smallest absolute Gasteiger partial charge is 0.252 e. The van der Waals surface area contributed by atoms with Gasteiger partial charge in [0.1, 0.15) is 21.5 Å². The second-order valence-electron chi connectivity index (χ2n) is 4.35. The lowest BCUT2D eigenvalue weighted by Crippen LogP contribution is -2.18. The van der Waals surface area contributed by atoms with Gasteiger partial charge in [-0.15, -0.1) is 0 Å². The van der Waals surface area contributed by atoms with E-state index in [1.54, 1.807) is 0 Å². The lowest BCUT2D eigenvalue weighted by Gasteiger charge is -2.05. The van der Waals surface area contributed by atoms with Gasteiger partial charge in [0.05, 0.1) is 5.75 Å². The van der Waals surface area contributed by atoms with E-state index in [9.17, 15) is 13.2 Å². The van der Waals surface area contributed by atoms with Gasteiger partial charge in [0, 0.05) is 24.8 Å². The van der Waals surface area contributed by atoms with Crippen molar-refractivity contribution in [3.05, 3.63) is 22.2 Å². The minimum absolute atomic E-state index is 0.0280. The molecule has 94 valence electrons. The van der Waals surface area contributed by atoms with Crippen molar-refractivity contribution in [3.8, 4) is 0 Å². The average Bonchev–Trinajstić information content (AvgIpc) is 2.97. The van der Waals surface area contributed by atoms with Gasteiger partial charge in [-0.05, 0) is 12.8 Å². The summed E-state index contributed by atoms with van der Waals surface area (Å²) in [7, 11) is -2.99. The van der Waals surface area contributed by atoms with Gasteiger partial charge < -0.3 is 10.3 Å². The first kappa shape index (κ1) is 12.1. The summed E-state index contributed by atoms with van der Waals surface area (Å²) in [6.45, 7) is 0.263. The normalized spacial score (nSPS) is 15.8. The van der Waals surface area contributed by atoms with Crippen LogP contribution in [0, 0.1) is 0 Å². The van der Waals surface area contributed by atoms with Gasteiger partial charge in [0.25, 0.3) is 5.56 Å². The molecule has 1 aliphatic carbocycles. The number of rotatable bonds is 5. The molecular weight excluding hydrogens is 242 g/mol. The van der Waals surface area contributed by atoms with Crippen LogP contribution >= 0.6 is 0 Å². The number of nitrogens with zero attached hydrogens (tertiary/aromatic N) is 1. The van der Waals surface area contributed by atoms with Crippen molar-refractivity contribution in [2.45, 2.75) is 18.8 Å². The monoisotopic (exact) mass is 257 g/mol. The third kappa shape index (κ3) is 3.85. The third-order valence-electron chi connectivity index (χ3n) is 2.50. The van der Waals surface area contributed by atoms with Crippen LogP contribution in [0.2, 0.25) is 0 Å². The molecule has 6 nitrogen and oxygen atoms in total. The highest BCUT2D eigenvalue weighted by Crippen LogP contribution is 2.37. The van der Waals surface area contributed by atoms with Crippen molar-refractivity contribution in [1.29, 1.82) is 0 Å². The lowest BCUT2D eigenvalue weighted by atomic mass is 10.4. The van der Waals surface area contributed by atoms with E-state index in [1.807, 2.05) is 0 Å². The molecule has 0 amide bonds. The largest absolute Gasteiger partial charge is 0.369 e. The molecule has 0 radical (unpaired) electrons. The molecule has 1 aromatic rings. The van der Waals surface area contributed by atoms with Crippen molar-refractivity contribution in [2.24, 2.45) is 0 Å². The second kappa shape index (κ2) is 4.48. The molecule has 2 N–H and O–H groups in total. The number of aromatic amines is 1. The predicted octanol–water partition coefficient (Wildman–Crippen LogP) is 0.104. The molecule has 0 aromatic carbocycles. The van der Waals surface area contributed by atoms with Gasteiger partial charge in [-0.25, -0.2) is 13.4 Å². The number of nitrogens with one attached hydrogen (secondary N) is 2. The molecule has 1 fully saturated rings. The van der Waals surface area contributed by atoms with E-state index in [0.29, 0.717) is 17.6 Å². The molecule has 0 spiro atoms. The van der Waals surface area contributed by atoms with Gasteiger partial charge in [-0.2, -0.15) is 0 Å². The summed E-state index contributed by atoms with van der Waals surface area (Å²) in [5.41, 5.74) is -0.205. The number of anilines is 1. The Morgan fingerprint density at radius 1 is 1.53 bits per heavy atom. The first-order chi connectivity index (χ1) is 7.94. The van der Waals surface area contributed by atoms with Crippen molar-refractivity contribution in [1.82, 2.24) is 9.97 Å². The van der Waals surface area contributed by atoms with Crippen LogP contribution in [0.3, 0.4) is 0 Å². The van der Waals surface area contributed by atoms with E-state index in [2.05, 4.69) is 15.3 Å². The zero-order valence-corrected chi connectivity index (χ0v) is 10.4. The Labute approximate surface area is 99.4 Å². The maximum Gasteiger partial charge on any atom is 0.252 e. The van der Waals surface area contributed by atoms with E-state index < -0.39 is 9.84 Å². The Bertz CT molecular complexity index is 560. The lowest BCUT2D eigenvalue weighted by molar-refractivity contribution is 0.602. The highest BCUT2D eigenvalue weighted by Gasteiger charge is 2.26. The Balaban J connectivity index is 2.03. The molecular formula is C10H15N3O3S. The highest BCUT2D eigenvalue weighted by atomic mass is 32.2. The van der Waals surface area contributed by atoms with Gasteiger partial charge in [0.15, 0.2) is 0 Å². The molecule has 0 atom stereocenters. The predicted molar refractivity (Wildman–Crippen MR) is 65.0 cm³/mol. The third-order valence-corrected chi connectivity index (χ3v) is 3.45. The molecule has 1 saturated carbocycles. The number of H-pyrrole nitrogens is 1. The number of aromatic nitrogens is 2. The molecule has 7 heteroatoms. The summed E-state index contributed by atoms with van der Waals surface area (Å²) < 4.78 is 21.9. The van der Waals surface area contributed by atoms with E-state index >= 15 is 0 Å². The van der Waals surface area contributed by atoms with E-state index in [-0.39, 0.29) is 17.9 Å². The molecule has 0 unspecified atom stereocenters. The summed E-state index contributed by atoms with van der Waals surface area (Å²) in [5.74, 6) is 1.53. The van der Waals surface area contributed by atoms with Crippen molar-refractivity contribution >= 4 is 15.7 Å². The van der Waals surface area contributed by atoms with Crippen molar-refractivity contribution in [3.63, 3.8) is 0 Å². The Hall–Kier alpha value is -1.37. The summed E-state index contributed by atoms with van der Waals surface area (Å²) in [6, 6.07) is 1.34. The quantitative estimate of drug-likeness (QED) is 0.780. The maximum atomic E-state index is 11.3. The van der Waals surface area contributed by atoms with Crippen LogP contribution in [-0.2, 0) is 9.84 Å². The fraction of sp³-hybridized carbons (Fsp3) is 0.600. The van der Waals surface area contributed by atoms with E-state index in [4.69, 9.17) is 0 Å². The molecule has 17 heavy (non-hydrogen) atoms. The van der Waals surface area contributed by atoms with Gasteiger partial charge in [-0.1, -0.05) is 0 Å². The Morgan fingerprint density at radius 3 is 2.82 bits per heavy atom. The molecule has 1 aromatic heterocycles. The number of hydrogen-bond donors (Lipinski definition) is 2. The van der Waals surface area contributed by atoms with E-state index in [0.717, 1.165) is 12.8 Å². The zero-order valence-electron chi connectivity index (χ0n) is 9.56. The summed E-state index contributed by atoms with van der Waals surface area (Å²) in [6.07, 6.45) is 3.28. The van der Waals surface area contributed by atoms with Crippen LogP contribution in [0.5, 0.6) is 0 Å². The molecule has 1 aliphatic rings. The van der Waals surface area contributed by atoms with Gasteiger partial charge >= 0.3 is 0 Å². The fourth-order valence-corrected chi connectivity index (χ4v) is 1.95. The maximum absolute atomic E-state index is 11.3. The van der Waals surface area contributed by atoms with Crippen LogP contribution in [0.1, 0.15) is 24.6 Å². The molecule has 0 saturated heterocycles. The second-order valence-corrected chi connectivity index (χ2v) is 6.61. The molecule has 2 rings (SSSR count). The standard InChI is InChI=1S/C10H15N3O3S/c1-17(15,16)5-4-11-8-6-9(14)13-10(12-8)7-2-3-7/h6-7H,2-5H2,1H3,(H2,11,12,13,14).